The van der Waals surface area contributed by atoms with Crippen molar-refractivity contribution in [3.05, 3.63) is 22.6 Å². The summed E-state index contributed by atoms with van der Waals surface area (Å²) >= 11 is 9.17. The summed E-state index contributed by atoms with van der Waals surface area (Å²) in [4.78, 5) is 11.6. The molecular formula is C11H13BrClNO2. The predicted molar refractivity (Wildman–Crippen MR) is 65.7 cm³/mol. The van der Waals surface area contributed by atoms with E-state index in [1.54, 1.807) is 12.1 Å². The molecule has 0 aliphatic heterocycles. The quantitative estimate of drug-likeness (QED) is 0.872. The van der Waals surface area contributed by atoms with Crippen molar-refractivity contribution in [1.29, 1.82) is 0 Å². The lowest BCUT2D eigenvalue weighted by Gasteiger charge is -2.09. The first-order valence-electron chi connectivity index (χ1n) is 5.33. The van der Waals surface area contributed by atoms with Crippen LogP contribution < -0.4 is 5.32 Å². The van der Waals surface area contributed by atoms with E-state index in [4.69, 9.17) is 16.0 Å². The fourth-order valence-electron chi connectivity index (χ4n) is 1.96. The Hall–Kier alpha value is -0.480. The summed E-state index contributed by atoms with van der Waals surface area (Å²) in [6.45, 7) is 0.681. The molecule has 3 nitrogen and oxygen atoms in total. The highest BCUT2D eigenvalue weighted by Crippen LogP contribution is 2.28. The number of alkyl halides is 1. The van der Waals surface area contributed by atoms with Crippen LogP contribution in [0, 0.1) is 5.92 Å². The Balaban J connectivity index is 1.80. The van der Waals surface area contributed by atoms with Crippen molar-refractivity contribution >= 4 is 33.4 Å². The minimum Gasteiger partial charge on any atom is -0.444 e. The monoisotopic (exact) mass is 305 g/mol. The lowest BCUT2D eigenvalue weighted by atomic mass is 10.1. The van der Waals surface area contributed by atoms with Crippen molar-refractivity contribution in [2.24, 2.45) is 5.92 Å². The molecule has 2 unspecified atom stereocenters. The molecule has 0 aromatic carbocycles. The molecule has 1 fully saturated rings. The molecule has 2 rings (SSSR count). The summed E-state index contributed by atoms with van der Waals surface area (Å²) in [5.41, 5.74) is 0. The smallest absolute Gasteiger partial charge is 0.287 e. The Labute approximate surface area is 108 Å². The minimum atomic E-state index is -0.163. The molecule has 1 aromatic rings. The fraction of sp³-hybridized carbons (Fsp3) is 0.545. The number of carbonyl (C=O) groups is 1. The van der Waals surface area contributed by atoms with Gasteiger partial charge in [-0.05, 0) is 53.2 Å². The number of hydrogen-bond acceptors (Lipinski definition) is 2. The van der Waals surface area contributed by atoms with Gasteiger partial charge in [0.25, 0.3) is 5.91 Å². The maximum atomic E-state index is 11.6. The lowest BCUT2D eigenvalue weighted by Crippen LogP contribution is -2.28. The summed E-state index contributed by atoms with van der Waals surface area (Å²) in [6, 6.07) is 3.36. The first kappa shape index (κ1) is 12.0. The van der Waals surface area contributed by atoms with Crippen LogP contribution in [-0.2, 0) is 0 Å². The second-order valence-corrected chi connectivity index (χ2v) is 5.49. The summed E-state index contributed by atoms with van der Waals surface area (Å²) in [5.74, 6) is 0.681. The van der Waals surface area contributed by atoms with Crippen molar-refractivity contribution in [2.45, 2.75) is 24.6 Å². The average Bonchev–Trinajstić information content (AvgIpc) is 2.84. The van der Waals surface area contributed by atoms with Gasteiger partial charge in [0.1, 0.15) is 0 Å². The normalized spacial score (nSPS) is 24.6. The molecule has 1 amide bonds. The van der Waals surface area contributed by atoms with Crippen LogP contribution in [0.1, 0.15) is 29.8 Å². The molecule has 1 saturated carbocycles. The standard InChI is InChI=1S/C11H13BrClNO2/c12-10-4-3-9(16-10)11(15)14-6-7-1-2-8(13)5-7/h3-4,7-8H,1-2,5-6H2,(H,14,15). The number of nitrogens with one attached hydrogen (secondary N) is 1. The minimum absolute atomic E-state index is 0.163. The number of amides is 1. The van der Waals surface area contributed by atoms with Gasteiger partial charge in [-0.1, -0.05) is 0 Å². The molecule has 16 heavy (non-hydrogen) atoms. The third-order valence-corrected chi connectivity index (χ3v) is 3.65. The molecule has 1 aliphatic carbocycles. The van der Waals surface area contributed by atoms with Gasteiger partial charge >= 0.3 is 0 Å². The molecule has 0 spiro atoms. The third kappa shape index (κ3) is 3.01. The zero-order chi connectivity index (χ0) is 11.5. The zero-order valence-corrected chi connectivity index (χ0v) is 11.1. The zero-order valence-electron chi connectivity index (χ0n) is 8.71. The summed E-state index contributed by atoms with van der Waals surface area (Å²) < 4.78 is 5.73. The van der Waals surface area contributed by atoms with Gasteiger partial charge < -0.3 is 9.73 Å². The molecule has 1 aromatic heterocycles. The van der Waals surface area contributed by atoms with E-state index in [1.165, 1.54) is 0 Å². The van der Waals surface area contributed by atoms with E-state index in [0.29, 0.717) is 22.9 Å². The average molecular weight is 307 g/mol. The van der Waals surface area contributed by atoms with Gasteiger partial charge in [-0.3, -0.25) is 4.79 Å². The van der Waals surface area contributed by atoms with Gasteiger partial charge in [0.05, 0.1) is 0 Å². The number of hydrogen-bond donors (Lipinski definition) is 1. The first-order chi connectivity index (χ1) is 7.65. The molecular weight excluding hydrogens is 293 g/mol. The maximum absolute atomic E-state index is 11.6. The first-order valence-corrected chi connectivity index (χ1v) is 6.55. The molecule has 0 radical (unpaired) electrons. The summed E-state index contributed by atoms with van der Waals surface area (Å²) in [7, 11) is 0. The fourth-order valence-corrected chi connectivity index (χ4v) is 2.64. The van der Waals surface area contributed by atoms with Gasteiger partial charge in [0.15, 0.2) is 10.4 Å². The topological polar surface area (TPSA) is 42.2 Å². The molecule has 2 atom stereocenters. The van der Waals surface area contributed by atoms with Crippen LogP contribution in [0.3, 0.4) is 0 Å². The van der Waals surface area contributed by atoms with Crippen LogP contribution in [0.4, 0.5) is 0 Å². The lowest BCUT2D eigenvalue weighted by molar-refractivity contribution is 0.0918. The van der Waals surface area contributed by atoms with E-state index < -0.39 is 0 Å². The number of furan rings is 1. The second kappa shape index (κ2) is 5.23. The van der Waals surface area contributed by atoms with Crippen LogP contribution in [-0.4, -0.2) is 17.8 Å². The molecule has 1 aliphatic rings. The van der Waals surface area contributed by atoms with Gasteiger partial charge in [0.2, 0.25) is 0 Å². The van der Waals surface area contributed by atoms with E-state index in [0.717, 1.165) is 19.3 Å². The Morgan fingerprint density at radius 3 is 2.94 bits per heavy atom. The maximum Gasteiger partial charge on any atom is 0.287 e. The van der Waals surface area contributed by atoms with Crippen LogP contribution in [0.2, 0.25) is 0 Å². The highest BCUT2D eigenvalue weighted by molar-refractivity contribution is 9.10. The van der Waals surface area contributed by atoms with Crippen LogP contribution in [0.25, 0.3) is 0 Å². The summed E-state index contributed by atoms with van der Waals surface area (Å²) in [5, 5.41) is 3.14. The van der Waals surface area contributed by atoms with Gasteiger partial charge in [-0.15, -0.1) is 11.6 Å². The largest absolute Gasteiger partial charge is 0.444 e. The third-order valence-electron chi connectivity index (χ3n) is 2.83. The van der Waals surface area contributed by atoms with E-state index in [1.807, 2.05) is 0 Å². The van der Waals surface area contributed by atoms with Crippen LogP contribution in [0.5, 0.6) is 0 Å². The van der Waals surface area contributed by atoms with Crippen molar-refractivity contribution < 1.29 is 9.21 Å². The van der Waals surface area contributed by atoms with Crippen molar-refractivity contribution in [1.82, 2.24) is 5.32 Å². The van der Waals surface area contributed by atoms with Gasteiger partial charge in [-0.25, -0.2) is 0 Å². The highest BCUT2D eigenvalue weighted by Gasteiger charge is 2.23. The van der Waals surface area contributed by atoms with Crippen LogP contribution >= 0.6 is 27.5 Å². The molecule has 88 valence electrons. The van der Waals surface area contributed by atoms with Gasteiger partial charge in [-0.2, -0.15) is 0 Å². The molecule has 1 heterocycles. The Morgan fingerprint density at radius 2 is 2.38 bits per heavy atom. The Bertz CT molecular complexity index is 380. The van der Waals surface area contributed by atoms with Crippen molar-refractivity contribution in [2.75, 3.05) is 6.54 Å². The highest BCUT2D eigenvalue weighted by atomic mass is 79.9. The van der Waals surface area contributed by atoms with Crippen molar-refractivity contribution in [3.63, 3.8) is 0 Å². The van der Waals surface area contributed by atoms with E-state index in [9.17, 15) is 4.79 Å². The molecule has 0 bridgehead atoms. The van der Waals surface area contributed by atoms with E-state index >= 15 is 0 Å². The predicted octanol–water partition coefficient (Wildman–Crippen LogP) is 3.18. The Kier molecular flexibility index (Phi) is 3.92. The number of carbonyl (C=O) groups excluding carboxylic acids is 1. The second-order valence-electron chi connectivity index (χ2n) is 4.09. The SMILES string of the molecule is O=C(NCC1CCC(Cl)C1)c1ccc(Br)o1. The molecule has 5 heteroatoms. The van der Waals surface area contributed by atoms with Gasteiger partial charge in [0, 0.05) is 11.9 Å². The molecule has 1 N–H and O–H groups in total. The molecule has 0 saturated heterocycles. The number of halogens is 2. The van der Waals surface area contributed by atoms with Crippen LogP contribution in [0.15, 0.2) is 21.2 Å². The Morgan fingerprint density at radius 1 is 1.56 bits per heavy atom. The van der Waals surface area contributed by atoms with E-state index in [-0.39, 0.29) is 11.3 Å². The van der Waals surface area contributed by atoms with E-state index in [2.05, 4.69) is 21.2 Å². The number of rotatable bonds is 3. The summed E-state index contributed by atoms with van der Waals surface area (Å²) in [6.07, 6.45) is 3.13. The van der Waals surface area contributed by atoms with Crippen molar-refractivity contribution in [3.8, 4) is 0 Å².